The number of aromatic nitrogens is 3. The molecule has 5 heteroatoms. The van der Waals surface area contributed by atoms with Gasteiger partial charge in [0.05, 0.1) is 0 Å². The summed E-state index contributed by atoms with van der Waals surface area (Å²) in [6, 6.07) is 8.49. The molecule has 1 aromatic heterocycles. The number of H-pyrrole nitrogens is 1. The number of nitrogens with two attached hydrogens (primary N) is 1. The topological polar surface area (TPSA) is 67.6 Å². The number of aromatic amines is 1. The van der Waals surface area contributed by atoms with Crippen LogP contribution in [-0.4, -0.2) is 15.0 Å². The van der Waals surface area contributed by atoms with Gasteiger partial charge in [-0.2, -0.15) is 4.98 Å². The van der Waals surface area contributed by atoms with Gasteiger partial charge in [0.25, 0.3) is 0 Å². The molecule has 0 radical (unpaired) electrons. The fraction of sp³-hybridized carbons (Fsp3) is 0.308. The van der Waals surface area contributed by atoms with Crippen molar-refractivity contribution >= 4 is 18.2 Å². The van der Waals surface area contributed by atoms with Gasteiger partial charge < -0.3 is 10.7 Å². The molecule has 1 heterocycles. The van der Waals surface area contributed by atoms with Crippen LogP contribution in [-0.2, 0) is 6.42 Å². The number of benzene rings is 1. The molecule has 4 nitrogen and oxygen atoms in total. The van der Waals surface area contributed by atoms with Crippen LogP contribution in [0.3, 0.4) is 0 Å². The molecule has 92 valence electrons. The van der Waals surface area contributed by atoms with Crippen molar-refractivity contribution in [2.75, 3.05) is 5.73 Å². The van der Waals surface area contributed by atoms with Crippen LogP contribution in [0.15, 0.2) is 24.3 Å². The number of hydrogen-bond donors (Lipinski definition) is 2. The smallest absolute Gasteiger partial charge is 0.224 e. The average Bonchev–Trinajstić information content (AvgIpc) is 2.37. The number of fused-ring (bicyclic) bond motifs is 1. The van der Waals surface area contributed by atoms with Gasteiger partial charge in [0.2, 0.25) is 10.7 Å². The third kappa shape index (κ3) is 2.01. The average molecular weight is 258 g/mol. The van der Waals surface area contributed by atoms with E-state index in [1.54, 1.807) is 0 Å². The predicted octanol–water partition coefficient (Wildman–Crippen LogP) is 2.58. The summed E-state index contributed by atoms with van der Waals surface area (Å²) in [4.78, 5) is 11.3. The lowest BCUT2D eigenvalue weighted by Crippen LogP contribution is -2.15. The number of rotatable bonds is 1. The van der Waals surface area contributed by atoms with Crippen LogP contribution >= 0.6 is 12.2 Å². The first-order chi connectivity index (χ1) is 8.74. The highest BCUT2D eigenvalue weighted by Crippen LogP contribution is 2.34. The lowest BCUT2D eigenvalue weighted by Gasteiger charge is -2.24. The Kier molecular flexibility index (Phi) is 2.83. The summed E-state index contributed by atoms with van der Waals surface area (Å²) in [5.74, 6) is 1.43. The zero-order chi connectivity index (χ0) is 12.5. The van der Waals surface area contributed by atoms with Crippen molar-refractivity contribution in [1.82, 2.24) is 15.0 Å². The van der Waals surface area contributed by atoms with Crippen molar-refractivity contribution in [3.8, 4) is 0 Å². The number of nitrogen functional groups attached to an aromatic ring is 1. The number of aryl methyl sites for hydroxylation is 1. The summed E-state index contributed by atoms with van der Waals surface area (Å²) in [5.41, 5.74) is 8.43. The minimum Gasteiger partial charge on any atom is -0.369 e. The number of hydrogen-bond acceptors (Lipinski definition) is 4. The molecule has 3 N–H and O–H groups in total. The summed E-state index contributed by atoms with van der Waals surface area (Å²) >= 11 is 5.03. The molecule has 1 unspecified atom stereocenters. The monoisotopic (exact) mass is 258 g/mol. The molecule has 0 fully saturated rings. The normalized spacial score (nSPS) is 18.3. The van der Waals surface area contributed by atoms with Crippen LogP contribution in [0, 0.1) is 4.77 Å². The van der Waals surface area contributed by atoms with E-state index in [0.717, 1.165) is 25.1 Å². The molecule has 1 atom stereocenters. The Balaban J connectivity index is 2.11. The van der Waals surface area contributed by atoms with E-state index in [4.69, 9.17) is 18.0 Å². The molecule has 3 rings (SSSR count). The second-order valence-corrected chi connectivity index (χ2v) is 4.91. The highest BCUT2D eigenvalue weighted by atomic mass is 32.1. The molecular weight excluding hydrogens is 244 g/mol. The van der Waals surface area contributed by atoms with Gasteiger partial charge in [-0.1, -0.05) is 24.3 Å². The van der Waals surface area contributed by atoms with Crippen LogP contribution in [0.25, 0.3) is 0 Å². The van der Waals surface area contributed by atoms with E-state index in [9.17, 15) is 0 Å². The predicted molar refractivity (Wildman–Crippen MR) is 72.9 cm³/mol. The van der Waals surface area contributed by atoms with Gasteiger partial charge in [0.1, 0.15) is 5.82 Å². The fourth-order valence-electron chi connectivity index (χ4n) is 2.62. The molecular formula is C13H14N4S. The Morgan fingerprint density at radius 2 is 2.11 bits per heavy atom. The first kappa shape index (κ1) is 11.3. The minimum atomic E-state index is 0.252. The fourth-order valence-corrected chi connectivity index (χ4v) is 2.82. The summed E-state index contributed by atoms with van der Waals surface area (Å²) in [7, 11) is 0. The van der Waals surface area contributed by atoms with Crippen molar-refractivity contribution in [2.24, 2.45) is 0 Å². The Labute approximate surface area is 110 Å². The van der Waals surface area contributed by atoms with Gasteiger partial charge >= 0.3 is 0 Å². The van der Waals surface area contributed by atoms with Crippen molar-refractivity contribution in [1.29, 1.82) is 0 Å². The summed E-state index contributed by atoms with van der Waals surface area (Å²) in [5, 5.41) is 0. The Morgan fingerprint density at radius 3 is 2.94 bits per heavy atom. The standard InChI is InChI=1S/C13H14N4S/c14-12-15-11(16-13(18)17-12)10-7-3-5-8-4-1-2-6-9(8)10/h1-2,4,6,10H,3,5,7H2,(H3,14,15,16,17,18). The molecule has 0 bridgehead atoms. The lowest BCUT2D eigenvalue weighted by atomic mass is 9.82. The van der Waals surface area contributed by atoms with E-state index in [-0.39, 0.29) is 5.92 Å². The molecule has 0 saturated heterocycles. The van der Waals surface area contributed by atoms with E-state index in [1.165, 1.54) is 11.1 Å². The minimum absolute atomic E-state index is 0.252. The second-order valence-electron chi connectivity index (χ2n) is 4.55. The Morgan fingerprint density at radius 1 is 1.28 bits per heavy atom. The van der Waals surface area contributed by atoms with Gasteiger partial charge in [0, 0.05) is 5.92 Å². The highest BCUT2D eigenvalue weighted by molar-refractivity contribution is 7.71. The maximum atomic E-state index is 5.71. The van der Waals surface area contributed by atoms with Crippen molar-refractivity contribution < 1.29 is 0 Å². The van der Waals surface area contributed by atoms with Gasteiger partial charge in [-0.15, -0.1) is 0 Å². The molecule has 18 heavy (non-hydrogen) atoms. The maximum absolute atomic E-state index is 5.71. The maximum Gasteiger partial charge on any atom is 0.224 e. The Bertz CT molecular complexity index is 635. The van der Waals surface area contributed by atoms with Crippen molar-refractivity contribution in [3.05, 3.63) is 46.0 Å². The first-order valence-corrected chi connectivity index (χ1v) is 6.46. The van der Waals surface area contributed by atoms with E-state index >= 15 is 0 Å². The number of anilines is 1. The van der Waals surface area contributed by atoms with Crippen molar-refractivity contribution in [2.45, 2.75) is 25.2 Å². The van der Waals surface area contributed by atoms with E-state index in [1.807, 2.05) is 0 Å². The molecule has 0 aliphatic heterocycles. The molecule has 0 amide bonds. The van der Waals surface area contributed by atoms with E-state index in [0.29, 0.717) is 10.7 Å². The Hall–Kier alpha value is -1.75. The zero-order valence-corrected chi connectivity index (χ0v) is 10.7. The zero-order valence-electron chi connectivity index (χ0n) is 9.89. The van der Waals surface area contributed by atoms with Gasteiger partial charge in [0.15, 0.2) is 0 Å². The van der Waals surface area contributed by atoms with Crippen molar-refractivity contribution in [3.63, 3.8) is 0 Å². The van der Waals surface area contributed by atoms with Gasteiger partial charge in [-0.05, 0) is 42.6 Å². The van der Waals surface area contributed by atoms with Crippen LogP contribution in [0.2, 0.25) is 0 Å². The summed E-state index contributed by atoms with van der Waals surface area (Å²) in [6.45, 7) is 0. The molecule has 0 spiro atoms. The van der Waals surface area contributed by atoms with Crippen LogP contribution in [0.4, 0.5) is 5.95 Å². The lowest BCUT2D eigenvalue weighted by molar-refractivity contribution is 0.587. The van der Waals surface area contributed by atoms with Crippen LogP contribution < -0.4 is 5.73 Å². The first-order valence-electron chi connectivity index (χ1n) is 6.05. The highest BCUT2D eigenvalue weighted by Gasteiger charge is 2.23. The molecule has 1 aliphatic carbocycles. The summed E-state index contributed by atoms with van der Waals surface area (Å²) in [6.07, 6.45) is 3.36. The SMILES string of the molecule is Nc1nc(=S)nc(C2CCCc3ccccc32)[nH]1. The molecule has 2 aromatic rings. The van der Waals surface area contributed by atoms with Crippen LogP contribution in [0.5, 0.6) is 0 Å². The number of nitrogens with zero attached hydrogens (tertiary/aromatic N) is 2. The quantitative estimate of drug-likeness (QED) is 0.771. The van der Waals surface area contributed by atoms with E-state index in [2.05, 4.69) is 39.2 Å². The number of nitrogens with one attached hydrogen (secondary N) is 1. The third-order valence-electron chi connectivity index (χ3n) is 3.39. The largest absolute Gasteiger partial charge is 0.369 e. The van der Waals surface area contributed by atoms with E-state index < -0.39 is 0 Å². The molecule has 1 aliphatic rings. The summed E-state index contributed by atoms with van der Waals surface area (Å²) < 4.78 is 0.310. The molecule has 0 saturated carbocycles. The van der Waals surface area contributed by atoms with Gasteiger partial charge in [-0.25, -0.2) is 4.98 Å². The second kappa shape index (κ2) is 4.49. The third-order valence-corrected chi connectivity index (χ3v) is 3.57. The van der Waals surface area contributed by atoms with Crippen LogP contribution in [0.1, 0.15) is 35.7 Å². The van der Waals surface area contributed by atoms with Gasteiger partial charge in [-0.3, -0.25) is 0 Å². The molecule has 1 aromatic carbocycles.